The molecule has 0 bridgehead atoms. The number of benzene rings is 3. The zero-order valence-electron chi connectivity index (χ0n) is 24.2. The predicted molar refractivity (Wildman–Crippen MR) is 152 cm³/mol. The van der Waals surface area contributed by atoms with Gasteiger partial charge in [-0.05, 0) is 136 Å². The van der Waals surface area contributed by atoms with Crippen LogP contribution < -0.4 is 4.74 Å². The molecule has 0 N–H and O–H groups in total. The standard InChI is InChI=1S/C35H38F6O/c1-3-42-29-19-18-28(34(40)35(29)41)24-13-11-23(12-14-24)27-17-15-25(31(37)33(27)39)10-7-21-5-8-22(9-6-21)26-16-4-20(2)30(36)32(26)38/h4,15-19,21-24H,3,5-14H2,1-2H3. The summed E-state index contributed by atoms with van der Waals surface area (Å²) in [5.41, 5.74) is 1.74. The van der Waals surface area contributed by atoms with Gasteiger partial charge in [0.25, 0.3) is 0 Å². The Hall–Kier alpha value is -2.96. The largest absolute Gasteiger partial charge is 0.491 e. The molecule has 42 heavy (non-hydrogen) atoms. The zero-order valence-corrected chi connectivity index (χ0v) is 24.2. The van der Waals surface area contributed by atoms with Crippen molar-refractivity contribution in [3.8, 4) is 5.75 Å². The van der Waals surface area contributed by atoms with E-state index in [4.69, 9.17) is 4.74 Å². The summed E-state index contributed by atoms with van der Waals surface area (Å²) in [6, 6.07) is 9.68. The Kier molecular flexibility index (Phi) is 9.54. The zero-order chi connectivity index (χ0) is 30.0. The van der Waals surface area contributed by atoms with Gasteiger partial charge in [0.1, 0.15) is 0 Å². The first kappa shape index (κ1) is 30.5. The lowest BCUT2D eigenvalue weighted by atomic mass is 9.75. The summed E-state index contributed by atoms with van der Waals surface area (Å²) >= 11 is 0. The van der Waals surface area contributed by atoms with Crippen molar-refractivity contribution >= 4 is 0 Å². The summed E-state index contributed by atoms with van der Waals surface area (Å²) in [5.74, 6) is -5.18. The van der Waals surface area contributed by atoms with Crippen LogP contribution in [0.15, 0.2) is 36.4 Å². The summed E-state index contributed by atoms with van der Waals surface area (Å²) in [4.78, 5) is 0. The highest BCUT2D eigenvalue weighted by molar-refractivity contribution is 5.35. The minimum absolute atomic E-state index is 0.0233. The van der Waals surface area contributed by atoms with E-state index < -0.39 is 34.9 Å². The van der Waals surface area contributed by atoms with Crippen LogP contribution in [-0.4, -0.2) is 6.61 Å². The molecule has 2 aliphatic rings. The Morgan fingerprint density at radius 3 is 1.62 bits per heavy atom. The minimum atomic E-state index is -0.983. The molecule has 226 valence electrons. The van der Waals surface area contributed by atoms with E-state index in [1.807, 2.05) is 0 Å². The van der Waals surface area contributed by atoms with Crippen molar-refractivity contribution < 1.29 is 31.1 Å². The summed E-state index contributed by atoms with van der Waals surface area (Å²) in [5, 5.41) is 0. The maximum atomic E-state index is 15.2. The number of ether oxygens (including phenoxy) is 1. The number of rotatable bonds is 8. The molecule has 0 unspecified atom stereocenters. The SMILES string of the molecule is CCOc1ccc(C2CCC(c3ccc(CCC4CCC(c5ccc(C)c(F)c5F)CC4)c(F)c3F)CC2)c(F)c1F. The van der Waals surface area contributed by atoms with Gasteiger partial charge in [-0.25, -0.2) is 22.0 Å². The molecular weight excluding hydrogens is 550 g/mol. The average Bonchev–Trinajstić information content (AvgIpc) is 3.00. The van der Waals surface area contributed by atoms with Gasteiger partial charge in [0.05, 0.1) is 6.61 Å². The van der Waals surface area contributed by atoms with Gasteiger partial charge in [-0.2, -0.15) is 4.39 Å². The Balaban J connectivity index is 1.15. The molecule has 2 saturated carbocycles. The van der Waals surface area contributed by atoms with E-state index in [-0.39, 0.29) is 30.1 Å². The Bertz CT molecular complexity index is 1400. The van der Waals surface area contributed by atoms with E-state index >= 15 is 8.78 Å². The molecular formula is C35H38F6O. The number of halogens is 6. The highest BCUT2D eigenvalue weighted by atomic mass is 19.2. The maximum Gasteiger partial charge on any atom is 0.200 e. The van der Waals surface area contributed by atoms with E-state index in [0.717, 1.165) is 25.7 Å². The second kappa shape index (κ2) is 13.1. The van der Waals surface area contributed by atoms with Crippen LogP contribution in [0.2, 0.25) is 0 Å². The van der Waals surface area contributed by atoms with Crippen molar-refractivity contribution in [2.45, 2.75) is 95.8 Å². The van der Waals surface area contributed by atoms with Crippen LogP contribution in [0, 0.1) is 47.7 Å². The van der Waals surface area contributed by atoms with E-state index in [9.17, 15) is 17.6 Å². The number of hydrogen-bond donors (Lipinski definition) is 0. The summed E-state index contributed by atoms with van der Waals surface area (Å²) in [6.07, 6.45) is 6.52. The number of aryl methyl sites for hydroxylation is 2. The molecule has 2 fully saturated rings. The summed E-state index contributed by atoms with van der Waals surface area (Å²) < 4.78 is 93.1. The fourth-order valence-corrected chi connectivity index (χ4v) is 7.06. The van der Waals surface area contributed by atoms with Crippen molar-refractivity contribution in [2.24, 2.45) is 5.92 Å². The summed E-state index contributed by atoms with van der Waals surface area (Å²) in [6.45, 7) is 3.49. The first-order valence-corrected chi connectivity index (χ1v) is 15.2. The van der Waals surface area contributed by atoms with E-state index in [2.05, 4.69) is 0 Å². The highest BCUT2D eigenvalue weighted by Crippen LogP contribution is 2.44. The van der Waals surface area contributed by atoms with Gasteiger partial charge in [-0.3, -0.25) is 0 Å². The molecule has 0 amide bonds. The average molecular weight is 589 g/mol. The van der Waals surface area contributed by atoms with Crippen molar-refractivity contribution in [3.63, 3.8) is 0 Å². The molecule has 0 radical (unpaired) electrons. The first-order valence-electron chi connectivity index (χ1n) is 15.2. The van der Waals surface area contributed by atoms with Gasteiger partial charge in [0.15, 0.2) is 34.8 Å². The second-order valence-corrected chi connectivity index (χ2v) is 12.1. The third-order valence-electron chi connectivity index (χ3n) is 9.59. The van der Waals surface area contributed by atoms with Gasteiger partial charge >= 0.3 is 0 Å². The Labute approximate surface area is 244 Å². The van der Waals surface area contributed by atoms with Gasteiger partial charge in [0, 0.05) is 0 Å². The smallest absolute Gasteiger partial charge is 0.200 e. The molecule has 0 aliphatic heterocycles. The van der Waals surface area contributed by atoms with Crippen molar-refractivity contribution in [2.75, 3.05) is 6.61 Å². The second-order valence-electron chi connectivity index (χ2n) is 12.1. The van der Waals surface area contributed by atoms with E-state index in [0.29, 0.717) is 72.3 Å². The van der Waals surface area contributed by atoms with E-state index in [1.54, 1.807) is 44.2 Å². The monoisotopic (exact) mass is 588 g/mol. The maximum absolute atomic E-state index is 15.2. The lowest BCUT2D eigenvalue weighted by molar-refractivity contribution is 0.303. The molecule has 3 aromatic carbocycles. The quantitative estimate of drug-likeness (QED) is 0.238. The molecule has 1 nitrogen and oxygen atoms in total. The van der Waals surface area contributed by atoms with Crippen LogP contribution in [0.5, 0.6) is 5.75 Å². The van der Waals surface area contributed by atoms with Gasteiger partial charge in [-0.15, -0.1) is 0 Å². The molecule has 7 heteroatoms. The molecule has 0 atom stereocenters. The summed E-state index contributed by atoms with van der Waals surface area (Å²) in [7, 11) is 0. The van der Waals surface area contributed by atoms with Crippen LogP contribution >= 0.6 is 0 Å². The minimum Gasteiger partial charge on any atom is -0.491 e. The first-order chi connectivity index (χ1) is 20.2. The fourth-order valence-electron chi connectivity index (χ4n) is 7.06. The van der Waals surface area contributed by atoms with Crippen LogP contribution in [0.1, 0.15) is 110 Å². The predicted octanol–water partition coefficient (Wildman–Crippen LogP) is 10.6. The lowest BCUT2D eigenvalue weighted by Gasteiger charge is -2.30. The van der Waals surface area contributed by atoms with Crippen molar-refractivity contribution in [1.29, 1.82) is 0 Å². The van der Waals surface area contributed by atoms with Gasteiger partial charge in [0.2, 0.25) is 5.82 Å². The van der Waals surface area contributed by atoms with Crippen LogP contribution in [0.3, 0.4) is 0 Å². The topological polar surface area (TPSA) is 9.23 Å². The molecule has 0 aromatic heterocycles. The highest BCUT2D eigenvalue weighted by Gasteiger charge is 2.30. The van der Waals surface area contributed by atoms with Crippen LogP contribution in [-0.2, 0) is 6.42 Å². The van der Waals surface area contributed by atoms with Crippen LogP contribution in [0.4, 0.5) is 26.3 Å². The lowest BCUT2D eigenvalue weighted by Crippen LogP contribution is -2.17. The molecule has 0 heterocycles. The molecule has 0 saturated heterocycles. The van der Waals surface area contributed by atoms with E-state index in [1.165, 1.54) is 6.07 Å². The molecule has 0 spiro atoms. The Morgan fingerprint density at radius 2 is 1.05 bits per heavy atom. The van der Waals surface area contributed by atoms with Gasteiger partial charge in [-0.1, -0.05) is 30.3 Å². The van der Waals surface area contributed by atoms with Gasteiger partial charge < -0.3 is 4.74 Å². The van der Waals surface area contributed by atoms with Crippen molar-refractivity contribution in [1.82, 2.24) is 0 Å². The third-order valence-corrected chi connectivity index (χ3v) is 9.59. The normalized spacial score (nSPS) is 22.8. The molecule has 5 rings (SSSR count). The van der Waals surface area contributed by atoms with Crippen LogP contribution in [0.25, 0.3) is 0 Å². The number of hydrogen-bond acceptors (Lipinski definition) is 1. The van der Waals surface area contributed by atoms with Crippen molar-refractivity contribution in [3.05, 3.63) is 99.1 Å². The molecule has 3 aromatic rings. The fraction of sp³-hybridized carbons (Fsp3) is 0.486. The third kappa shape index (κ3) is 6.21. The molecule has 2 aliphatic carbocycles. The Morgan fingerprint density at radius 1 is 0.571 bits per heavy atom.